The molecule has 2 aliphatic heterocycles. The van der Waals surface area contributed by atoms with E-state index in [1.54, 1.807) is 30.3 Å². The van der Waals surface area contributed by atoms with Crippen LogP contribution in [0.5, 0.6) is 5.75 Å². The molecule has 3 amide bonds. The summed E-state index contributed by atoms with van der Waals surface area (Å²) in [5, 5.41) is 3.76. The minimum absolute atomic E-state index is 0.168. The molecular weight excluding hydrogens is 654 g/mol. The summed E-state index contributed by atoms with van der Waals surface area (Å²) < 4.78 is 11.6. The van der Waals surface area contributed by atoms with Crippen LogP contribution in [-0.4, -0.2) is 59.8 Å². The van der Waals surface area contributed by atoms with Crippen LogP contribution in [-0.2, 0) is 22.6 Å². The van der Waals surface area contributed by atoms with Gasteiger partial charge in [0, 0.05) is 50.1 Å². The van der Waals surface area contributed by atoms with Crippen molar-refractivity contribution in [3.05, 3.63) is 110 Å². The van der Waals surface area contributed by atoms with Gasteiger partial charge in [-0.1, -0.05) is 61.3 Å². The van der Waals surface area contributed by atoms with Crippen LogP contribution in [0.3, 0.4) is 0 Å². The van der Waals surface area contributed by atoms with E-state index in [4.69, 9.17) is 20.8 Å². The lowest BCUT2D eigenvalue weighted by atomic mass is 9.86. The highest BCUT2D eigenvalue weighted by Crippen LogP contribution is 2.32. The standard InChI is InChI=1S/C40H44ClN3O6/c1-2-3-22-49-31-15-16-36-33(24-31)35(45)25-37(50-36)39(47)42-34(23-27-11-13-30(41)14-12-27)40(48)43-20-17-28(18-21-43)32-9-5-4-8-29(32)26-44-19-7-6-10-38(44)46/h4-5,8-9,11-16,24-25,28,34H,2-3,6-7,10,17-23,26H2,1H3,(H,42,47). The number of halogens is 1. The molecule has 0 spiro atoms. The van der Waals surface area contributed by atoms with Crippen LogP contribution in [0, 0.1) is 0 Å². The van der Waals surface area contributed by atoms with Gasteiger partial charge >= 0.3 is 0 Å². The zero-order valence-corrected chi connectivity index (χ0v) is 29.3. The zero-order valence-electron chi connectivity index (χ0n) is 28.5. The van der Waals surface area contributed by atoms with Crippen LogP contribution in [0.15, 0.2) is 82.0 Å². The monoisotopic (exact) mass is 697 g/mol. The molecule has 9 nitrogen and oxygen atoms in total. The number of piperidine rings is 2. The van der Waals surface area contributed by atoms with Crippen LogP contribution < -0.4 is 15.5 Å². The molecule has 2 saturated heterocycles. The van der Waals surface area contributed by atoms with Crippen molar-refractivity contribution in [2.45, 2.75) is 76.8 Å². The highest BCUT2D eigenvalue weighted by atomic mass is 35.5. The topological polar surface area (TPSA) is 109 Å². The molecule has 6 rings (SSSR count). The molecule has 0 radical (unpaired) electrons. The Morgan fingerprint density at radius 1 is 0.980 bits per heavy atom. The molecule has 4 aromatic rings. The van der Waals surface area contributed by atoms with Gasteiger partial charge in [-0.15, -0.1) is 0 Å². The third-order valence-corrected chi connectivity index (χ3v) is 9.98. The fraction of sp³-hybridized carbons (Fsp3) is 0.400. The fourth-order valence-corrected chi connectivity index (χ4v) is 7.03. The fourth-order valence-electron chi connectivity index (χ4n) is 6.90. The van der Waals surface area contributed by atoms with E-state index in [1.807, 2.05) is 34.1 Å². The quantitative estimate of drug-likeness (QED) is 0.162. The Labute approximate surface area is 297 Å². The Bertz CT molecular complexity index is 1880. The Hall–Kier alpha value is -4.63. The maximum atomic E-state index is 14.1. The number of nitrogens with one attached hydrogen (secondary N) is 1. The predicted octanol–water partition coefficient (Wildman–Crippen LogP) is 6.89. The lowest BCUT2D eigenvalue weighted by Crippen LogP contribution is -2.51. The van der Waals surface area contributed by atoms with Crippen molar-refractivity contribution >= 4 is 40.3 Å². The first-order valence-electron chi connectivity index (χ1n) is 17.7. The second kappa shape index (κ2) is 16.4. The van der Waals surface area contributed by atoms with Gasteiger partial charge in [0.2, 0.25) is 11.8 Å². The van der Waals surface area contributed by atoms with Crippen molar-refractivity contribution in [1.82, 2.24) is 15.1 Å². The smallest absolute Gasteiger partial charge is 0.287 e. The van der Waals surface area contributed by atoms with Crippen LogP contribution in [0.25, 0.3) is 11.0 Å². The van der Waals surface area contributed by atoms with E-state index in [-0.39, 0.29) is 40.9 Å². The third kappa shape index (κ3) is 8.56. The SMILES string of the molecule is CCCCOc1ccc2oc(C(=O)NC(Cc3ccc(Cl)cc3)C(=O)N3CCC(c4ccccc4CN4CCCCC4=O)CC3)cc(=O)c2c1. The van der Waals surface area contributed by atoms with Gasteiger partial charge in [-0.2, -0.15) is 0 Å². The van der Waals surface area contributed by atoms with E-state index in [1.165, 1.54) is 5.56 Å². The Balaban J connectivity index is 1.16. The molecule has 1 unspecified atom stereocenters. The summed E-state index contributed by atoms with van der Waals surface area (Å²) in [6.45, 7) is 5.08. The lowest BCUT2D eigenvalue weighted by molar-refractivity contribution is -0.135. The predicted molar refractivity (Wildman–Crippen MR) is 194 cm³/mol. The number of rotatable bonds is 12. The van der Waals surface area contributed by atoms with E-state index >= 15 is 0 Å². The zero-order chi connectivity index (χ0) is 35.0. The summed E-state index contributed by atoms with van der Waals surface area (Å²) in [6, 6.07) is 20.7. The first kappa shape index (κ1) is 35.2. The molecule has 1 N–H and O–H groups in total. The van der Waals surface area contributed by atoms with Crippen molar-refractivity contribution < 1.29 is 23.5 Å². The normalized spacial score (nSPS) is 16.0. The second-order valence-electron chi connectivity index (χ2n) is 13.3. The van der Waals surface area contributed by atoms with Gasteiger partial charge in [0.15, 0.2) is 11.2 Å². The van der Waals surface area contributed by atoms with E-state index < -0.39 is 11.9 Å². The number of likely N-dealkylation sites (tertiary alicyclic amines) is 2. The summed E-state index contributed by atoms with van der Waals surface area (Å²) in [5.74, 6) is 0.0206. The minimum atomic E-state index is -0.895. The number of carbonyl (C=O) groups is 3. The van der Waals surface area contributed by atoms with Crippen molar-refractivity contribution in [3.63, 3.8) is 0 Å². The first-order chi connectivity index (χ1) is 24.3. The van der Waals surface area contributed by atoms with Gasteiger partial charge in [0.1, 0.15) is 17.4 Å². The first-order valence-corrected chi connectivity index (χ1v) is 18.1. The van der Waals surface area contributed by atoms with Crippen molar-refractivity contribution in [2.24, 2.45) is 0 Å². The highest BCUT2D eigenvalue weighted by molar-refractivity contribution is 6.30. The molecular formula is C40H44ClN3O6. The Morgan fingerprint density at radius 2 is 1.76 bits per heavy atom. The van der Waals surface area contributed by atoms with Crippen molar-refractivity contribution in [3.8, 4) is 5.75 Å². The van der Waals surface area contributed by atoms with Crippen LogP contribution >= 0.6 is 11.6 Å². The number of fused-ring (bicyclic) bond motifs is 1. The number of unbranched alkanes of at least 4 members (excludes halogenated alkanes) is 1. The van der Waals surface area contributed by atoms with Crippen LogP contribution in [0.4, 0.5) is 0 Å². The number of hydrogen-bond donors (Lipinski definition) is 1. The number of benzene rings is 3. The second-order valence-corrected chi connectivity index (χ2v) is 13.7. The summed E-state index contributed by atoms with van der Waals surface area (Å²) in [7, 11) is 0. The molecule has 0 bridgehead atoms. The largest absolute Gasteiger partial charge is 0.494 e. The van der Waals surface area contributed by atoms with Gasteiger partial charge in [0.05, 0.1) is 12.0 Å². The average molecular weight is 698 g/mol. The van der Waals surface area contributed by atoms with E-state index in [2.05, 4.69) is 24.4 Å². The van der Waals surface area contributed by atoms with Gasteiger partial charge in [-0.3, -0.25) is 19.2 Å². The number of hydrogen-bond acceptors (Lipinski definition) is 6. The number of nitrogens with zero attached hydrogens (tertiary/aromatic N) is 2. The molecule has 262 valence electrons. The third-order valence-electron chi connectivity index (χ3n) is 9.73. The molecule has 1 atom stereocenters. The van der Waals surface area contributed by atoms with Crippen molar-refractivity contribution in [2.75, 3.05) is 26.2 Å². The number of ether oxygens (including phenoxy) is 1. The molecule has 10 heteroatoms. The molecule has 2 aliphatic rings. The van der Waals surface area contributed by atoms with E-state index in [9.17, 15) is 19.2 Å². The molecule has 0 saturated carbocycles. The average Bonchev–Trinajstić information content (AvgIpc) is 3.13. The maximum absolute atomic E-state index is 14.1. The summed E-state index contributed by atoms with van der Waals surface area (Å²) >= 11 is 6.12. The van der Waals surface area contributed by atoms with Crippen LogP contribution in [0.2, 0.25) is 5.02 Å². The van der Waals surface area contributed by atoms with Gasteiger partial charge < -0.3 is 24.3 Å². The molecule has 2 fully saturated rings. The summed E-state index contributed by atoms with van der Waals surface area (Å²) in [5.41, 5.74) is 3.12. The van der Waals surface area contributed by atoms with Gasteiger partial charge in [0.25, 0.3) is 5.91 Å². The van der Waals surface area contributed by atoms with E-state index in [0.29, 0.717) is 48.8 Å². The summed E-state index contributed by atoms with van der Waals surface area (Å²) in [6.07, 6.45) is 6.26. The maximum Gasteiger partial charge on any atom is 0.287 e. The highest BCUT2D eigenvalue weighted by Gasteiger charge is 2.32. The van der Waals surface area contributed by atoms with E-state index in [0.717, 1.165) is 62.3 Å². The Kier molecular flexibility index (Phi) is 11.5. The van der Waals surface area contributed by atoms with Gasteiger partial charge in [-0.05, 0) is 85.0 Å². The molecule has 3 heterocycles. The molecule has 1 aromatic heterocycles. The summed E-state index contributed by atoms with van der Waals surface area (Å²) in [4.78, 5) is 57.1. The lowest BCUT2D eigenvalue weighted by Gasteiger charge is -2.36. The number of carbonyl (C=O) groups excluding carboxylic acids is 3. The minimum Gasteiger partial charge on any atom is -0.494 e. The Morgan fingerprint density at radius 3 is 2.52 bits per heavy atom. The van der Waals surface area contributed by atoms with Crippen molar-refractivity contribution in [1.29, 1.82) is 0 Å². The molecule has 50 heavy (non-hydrogen) atoms. The van der Waals surface area contributed by atoms with Gasteiger partial charge in [-0.25, -0.2) is 0 Å². The molecule has 3 aromatic carbocycles. The molecule has 0 aliphatic carbocycles. The number of amides is 3. The van der Waals surface area contributed by atoms with Crippen LogP contribution in [0.1, 0.15) is 85.0 Å².